The molecule has 0 spiro atoms. The van der Waals surface area contributed by atoms with E-state index in [1.54, 1.807) is 6.07 Å². The second kappa shape index (κ2) is 7.09. The maximum atomic E-state index is 12.0. The third-order valence-corrected chi connectivity index (χ3v) is 3.53. The number of carbonyl (C=O) groups excluding carboxylic acids is 1. The molecule has 0 aliphatic rings. The SMILES string of the molecule is Cc1cccc(C(=O)NCC(O)c2ccc(N(C)C)cc2)c1. The molecule has 0 aliphatic carbocycles. The molecule has 0 aliphatic heterocycles. The lowest BCUT2D eigenvalue weighted by Crippen LogP contribution is -2.28. The van der Waals surface area contributed by atoms with Crippen LogP contribution >= 0.6 is 0 Å². The lowest BCUT2D eigenvalue weighted by molar-refractivity contribution is 0.0916. The Balaban J connectivity index is 1.94. The van der Waals surface area contributed by atoms with Crippen LogP contribution in [-0.4, -0.2) is 31.7 Å². The van der Waals surface area contributed by atoms with Gasteiger partial charge in [-0.05, 0) is 36.8 Å². The fraction of sp³-hybridized carbons (Fsp3) is 0.278. The van der Waals surface area contributed by atoms with Crippen LogP contribution < -0.4 is 10.2 Å². The first-order chi connectivity index (χ1) is 10.5. The molecule has 2 N–H and O–H groups in total. The van der Waals surface area contributed by atoms with Crippen molar-refractivity contribution in [2.45, 2.75) is 13.0 Å². The van der Waals surface area contributed by atoms with Crippen molar-refractivity contribution in [3.05, 3.63) is 65.2 Å². The van der Waals surface area contributed by atoms with Crippen molar-refractivity contribution in [1.82, 2.24) is 5.32 Å². The molecule has 0 aromatic heterocycles. The summed E-state index contributed by atoms with van der Waals surface area (Å²) < 4.78 is 0. The van der Waals surface area contributed by atoms with E-state index in [1.165, 1.54) is 0 Å². The number of amides is 1. The minimum absolute atomic E-state index is 0.173. The summed E-state index contributed by atoms with van der Waals surface area (Å²) in [7, 11) is 3.93. The van der Waals surface area contributed by atoms with E-state index in [1.807, 2.05) is 68.4 Å². The third kappa shape index (κ3) is 4.09. The summed E-state index contributed by atoms with van der Waals surface area (Å²) in [5.74, 6) is -0.173. The second-order valence-corrected chi connectivity index (χ2v) is 5.58. The number of nitrogens with zero attached hydrogens (tertiary/aromatic N) is 1. The van der Waals surface area contributed by atoms with Crippen molar-refractivity contribution >= 4 is 11.6 Å². The van der Waals surface area contributed by atoms with Gasteiger partial charge in [-0.3, -0.25) is 4.79 Å². The van der Waals surface area contributed by atoms with E-state index < -0.39 is 6.10 Å². The average molecular weight is 298 g/mol. The summed E-state index contributed by atoms with van der Waals surface area (Å²) in [4.78, 5) is 14.0. The van der Waals surface area contributed by atoms with Crippen molar-refractivity contribution in [1.29, 1.82) is 0 Å². The van der Waals surface area contributed by atoms with Gasteiger partial charge in [-0.15, -0.1) is 0 Å². The predicted octanol–water partition coefficient (Wildman–Crippen LogP) is 2.52. The van der Waals surface area contributed by atoms with Crippen LogP contribution in [0.1, 0.15) is 27.6 Å². The van der Waals surface area contributed by atoms with Gasteiger partial charge >= 0.3 is 0 Å². The summed E-state index contributed by atoms with van der Waals surface area (Å²) in [6.07, 6.45) is -0.718. The fourth-order valence-corrected chi connectivity index (χ4v) is 2.19. The largest absolute Gasteiger partial charge is 0.387 e. The molecule has 116 valence electrons. The fourth-order valence-electron chi connectivity index (χ4n) is 2.19. The molecule has 22 heavy (non-hydrogen) atoms. The van der Waals surface area contributed by atoms with Gasteiger partial charge in [-0.25, -0.2) is 0 Å². The maximum Gasteiger partial charge on any atom is 0.251 e. The number of anilines is 1. The number of aryl methyl sites for hydroxylation is 1. The van der Waals surface area contributed by atoms with Gasteiger partial charge in [0.05, 0.1) is 6.10 Å². The molecule has 2 rings (SSSR count). The molecule has 0 fully saturated rings. The Morgan fingerprint density at radius 2 is 1.86 bits per heavy atom. The van der Waals surface area contributed by atoms with Crippen LogP contribution in [0.2, 0.25) is 0 Å². The van der Waals surface area contributed by atoms with Crippen molar-refractivity contribution in [3.63, 3.8) is 0 Å². The lowest BCUT2D eigenvalue weighted by atomic mass is 10.1. The van der Waals surface area contributed by atoms with Crippen LogP contribution in [0.4, 0.5) is 5.69 Å². The van der Waals surface area contributed by atoms with Crippen molar-refractivity contribution in [2.24, 2.45) is 0 Å². The number of rotatable bonds is 5. The van der Waals surface area contributed by atoms with Gasteiger partial charge in [-0.2, -0.15) is 0 Å². The van der Waals surface area contributed by atoms with Gasteiger partial charge < -0.3 is 15.3 Å². The molecule has 2 aromatic carbocycles. The summed E-state index contributed by atoms with van der Waals surface area (Å²) in [6, 6.07) is 15.0. The van der Waals surface area contributed by atoms with Crippen molar-refractivity contribution < 1.29 is 9.90 Å². The molecule has 0 radical (unpaired) electrons. The number of hydrogen-bond acceptors (Lipinski definition) is 3. The van der Waals surface area contributed by atoms with Gasteiger partial charge in [-0.1, -0.05) is 29.8 Å². The zero-order valence-corrected chi connectivity index (χ0v) is 13.2. The molecule has 2 aromatic rings. The molecular formula is C18H22N2O2. The summed E-state index contributed by atoms with van der Waals surface area (Å²) in [6.45, 7) is 2.13. The highest BCUT2D eigenvalue weighted by Gasteiger charge is 2.11. The zero-order valence-electron chi connectivity index (χ0n) is 13.2. The Morgan fingerprint density at radius 1 is 1.18 bits per heavy atom. The van der Waals surface area contributed by atoms with Crippen LogP contribution in [0.25, 0.3) is 0 Å². The van der Waals surface area contributed by atoms with E-state index in [9.17, 15) is 9.90 Å². The smallest absolute Gasteiger partial charge is 0.251 e. The van der Waals surface area contributed by atoms with Gasteiger partial charge in [0.1, 0.15) is 0 Å². The summed E-state index contributed by atoms with van der Waals surface area (Å²) in [5.41, 5.74) is 3.50. The molecule has 0 heterocycles. The van der Waals surface area contributed by atoms with Gasteiger partial charge in [0.15, 0.2) is 0 Å². The molecule has 1 amide bonds. The predicted molar refractivity (Wildman–Crippen MR) is 89.2 cm³/mol. The van der Waals surface area contributed by atoms with Crippen LogP contribution in [0.15, 0.2) is 48.5 Å². The molecule has 0 saturated heterocycles. The molecule has 0 bridgehead atoms. The Kier molecular flexibility index (Phi) is 5.17. The summed E-state index contributed by atoms with van der Waals surface area (Å²) in [5, 5.41) is 12.9. The Labute approximate surface area is 131 Å². The summed E-state index contributed by atoms with van der Waals surface area (Å²) >= 11 is 0. The molecule has 1 atom stereocenters. The molecule has 4 heteroatoms. The first-order valence-corrected chi connectivity index (χ1v) is 7.27. The lowest BCUT2D eigenvalue weighted by Gasteiger charge is -2.16. The van der Waals surface area contributed by atoms with E-state index in [4.69, 9.17) is 0 Å². The van der Waals surface area contributed by atoms with E-state index in [2.05, 4.69) is 5.32 Å². The molecule has 0 saturated carbocycles. The van der Waals surface area contributed by atoms with E-state index in [0.29, 0.717) is 5.56 Å². The minimum Gasteiger partial charge on any atom is -0.387 e. The maximum absolute atomic E-state index is 12.0. The zero-order chi connectivity index (χ0) is 16.1. The number of benzene rings is 2. The first-order valence-electron chi connectivity index (χ1n) is 7.27. The number of carbonyl (C=O) groups is 1. The van der Waals surface area contributed by atoms with Crippen LogP contribution in [0.5, 0.6) is 0 Å². The number of aliphatic hydroxyl groups is 1. The highest BCUT2D eigenvalue weighted by Crippen LogP contribution is 2.17. The molecular weight excluding hydrogens is 276 g/mol. The number of nitrogens with one attached hydrogen (secondary N) is 1. The van der Waals surface area contributed by atoms with E-state index >= 15 is 0 Å². The highest BCUT2D eigenvalue weighted by atomic mass is 16.3. The van der Waals surface area contributed by atoms with Crippen LogP contribution in [0.3, 0.4) is 0 Å². The Bertz CT molecular complexity index is 636. The third-order valence-electron chi connectivity index (χ3n) is 3.53. The quantitative estimate of drug-likeness (QED) is 0.892. The average Bonchev–Trinajstić information content (AvgIpc) is 2.52. The number of aliphatic hydroxyl groups excluding tert-OH is 1. The van der Waals surface area contributed by atoms with Gasteiger partial charge in [0, 0.05) is 31.9 Å². The standard InChI is InChI=1S/C18H22N2O2/c1-13-5-4-6-15(11-13)18(22)19-12-17(21)14-7-9-16(10-8-14)20(2)3/h4-11,17,21H,12H2,1-3H3,(H,19,22). The topological polar surface area (TPSA) is 52.6 Å². The second-order valence-electron chi connectivity index (χ2n) is 5.58. The van der Waals surface area contributed by atoms with Crippen molar-refractivity contribution in [2.75, 3.05) is 25.5 Å². The molecule has 4 nitrogen and oxygen atoms in total. The molecule has 1 unspecified atom stereocenters. The van der Waals surface area contributed by atoms with E-state index in [0.717, 1.165) is 16.8 Å². The number of hydrogen-bond donors (Lipinski definition) is 2. The monoisotopic (exact) mass is 298 g/mol. The van der Waals surface area contributed by atoms with Gasteiger partial charge in [0.25, 0.3) is 5.91 Å². The Morgan fingerprint density at radius 3 is 2.45 bits per heavy atom. The van der Waals surface area contributed by atoms with Crippen LogP contribution in [-0.2, 0) is 0 Å². The first kappa shape index (κ1) is 16.0. The Hall–Kier alpha value is -2.33. The normalized spacial score (nSPS) is 11.8. The van der Waals surface area contributed by atoms with Gasteiger partial charge in [0.2, 0.25) is 0 Å². The van der Waals surface area contributed by atoms with Crippen LogP contribution in [0, 0.1) is 6.92 Å². The highest BCUT2D eigenvalue weighted by molar-refractivity contribution is 5.94. The van der Waals surface area contributed by atoms with E-state index in [-0.39, 0.29) is 12.5 Å². The minimum atomic E-state index is -0.718. The van der Waals surface area contributed by atoms with Crippen molar-refractivity contribution in [3.8, 4) is 0 Å².